The number of hydrogen-bond donors (Lipinski definition) is 1. The lowest BCUT2D eigenvalue weighted by molar-refractivity contribution is 0.504. The number of nitrogens with zero attached hydrogens (tertiary/aromatic N) is 1. The second-order valence-electron chi connectivity index (χ2n) is 6.11. The van der Waals surface area contributed by atoms with E-state index in [1.807, 2.05) is 27.7 Å². The van der Waals surface area contributed by atoms with E-state index in [1.54, 1.807) is 6.07 Å². The third-order valence-corrected chi connectivity index (χ3v) is 3.26. The van der Waals surface area contributed by atoms with E-state index in [0.29, 0.717) is 24.0 Å². The predicted molar refractivity (Wildman–Crippen MR) is 79.1 cm³/mol. The highest BCUT2D eigenvalue weighted by Gasteiger charge is 2.22. The molecule has 1 heterocycles. The third kappa shape index (κ3) is 2.96. The number of pyridine rings is 1. The molecule has 5 heteroatoms. The molecule has 0 aliphatic heterocycles. The molecule has 0 saturated heterocycles. The maximum absolute atomic E-state index is 14.1. The van der Waals surface area contributed by atoms with Crippen LogP contribution >= 0.6 is 0 Å². The SMILES string of the molecule is CCCNc1cc(C(C)(C)C)nc2c(F)cc(F)c(F)c12. The van der Waals surface area contributed by atoms with Crippen LogP contribution in [0.15, 0.2) is 12.1 Å². The van der Waals surface area contributed by atoms with Gasteiger partial charge in [0.2, 0.25) is 0 Å². The summed E-state index contributed by atoms with van der Waals surface area (Å²) < 4.78 is 41.5. The molecular formula is C16H19F3N2. The zero-order chi connectivity index (χ0) is 15.8. The van der Waals surface area contributed by atoms with E-state index in [0.717, 1.165) is 6.42 Å². The van der Waals surface area contributed by atoms with Gasteiger partial charge in [0, 0.05) is 29.4 Å². The standard InChI is InChI=1S/C16H19F3N2/c1-5-6-20-11-8-12(16(2,3)4)21-15-10(18)7-9(17)14(19)13(11)15/h7-8H,5-6H2,1-4H3,(H,20,21). The van der Waals surface area contributed by atoms with Gasteiger partial charge in [-0.25, -0.2) is 18.2 Å². The molecule has 0 aliphatic carbocycles. The Balaban J connectivity index is 2.81. The van der Waals surface area contributed by atoms with Crippen molar-refractivity contribution in [3.8, 4) is 0 Å². The first kappa shape index (κ1) is 15.6. The van der Waals surface area contributed by atoms with Crippen molar-refractivity contribution >= 4 is 16.6 Å². The van der Waals surface area contributed by atoms with Crippen molar-refractivity contribution in [2.45, 2.75) is 39.5 Å². The minimum Gasteiger partial charge on any atom is -0.384 e. The molecule has 2 nitrogen and oxygen atoms in total. The molecule has 0 bridgehead atoms. The number of halogens is 3. The number of fused-ring (bicyclic) bond motifs is 1. The molecule has 114 valence electrons. The highest BCUT2D eigenvalue weighted by molar-refractivity contribution is 5.92. The fourth-order valence-electron chi connectivity index (χ4n) is 2.09. The normalized spacial score (nSPS) is 12.0. The summed E-state index contributed by atoms with van der Waals surface area (Å²) in [5.41, 5.74) is 0.537. The maximum atomic E-state index is 14.1. The minimum absolute atomic E-state index is 0.131. The van der Waals surface area contributed by atoms with Gasteiger partial charge in [-0.3, -0.25) is 0 Å². The molecule has 21 heavy (non-hydrogen) atoms. The molecule has 1 aromatic heterocycles. The fourth-order valence-corrected chi connectivity index (χ4v) is 2.09. The van der Waals surface area contributed by atoms with Crippen LogP contribution in [0.2, 0.25) is 0 Å². The Hall–Kier alpha value is -1.78. The van der Waals surface area contributed by atoms with Crippen LogP contribution in [0.3, 0.4) is 0 Å². The number of rotatable bonds is 3. The first-order chi connectivity index (χ1) is 9.75. The molecule has 0 fully saturated rings. The lowest BCUT2D eigenvalue weighted by Gasteiger charge is -2.21. The van der Waals surface area contributed by atoms with Crippen LogP contribution in [0.5, 0.6) is 0 Å². The van der Waals surface area contributed by atoms with Crippen LogP contribution in [-0.2, 0) is 5.41 Å². The molecule has 0 atom stereocenters. The van der Waals surface area contributed by atoms with E-state index in [2.05, 4.69) is 10.3 Å². The van der Waals surface area contributed by atoms with Gasteiger partial charge in [0.05, 0.1) is 5.39 Å². The summed E-state index contributed by atoms with van der Waals surface area (Å²) in [5.74, 6) is -3.13. The van der Waals surface area contributed by atoms with Crippen LogP contribution in [0, 0.1) is 17.5 Å². The molecule has 0 spiro atoms. The Morgan fingerprint density at radius 1 is 1.10 bits per heavy atom. The van der Waals surface area contributed by atoms with Gasteiger partial charge in [-0.1, -0.05) is 27.7 Å². The molecule has 2 aromatic rings. The van der Waals surface area contributed by atoms with Crippen LogP contribution in [0.25, 0.3) is 10.9 Å². The highest BCUT2D eigenvalue weighted by Crippen LogP contribution is 2.33. The maximum Gasteiger partial charge on any atom is 0.170 e. The molecule has 0 saturated carbocycles. The fraction of sp³-hybridized carbons (Fsp3) is 0.438. The van der Waals surface area contributed by atoms with Gasteiger partial charge >= 0.3 is 0 Å². The Bertz CT molecular complexity index is 676. The van der Waals surface area contributed by atoms with E-state index >= 15 is 0 Å². The van der Waals surface area contributed by atoms with E-state index in [1.165, 1.54) is 0 Å². The summed E-state index contributed by atoms with van der Waals surface area (Å²) in [7, 11) is 0. The highest BCUT2D eigenvalue weighted by atomic mass is 19.2. The number of anilines is 1. The Morgan fingerprint density at radius 3 is 2.33 bits per heavy atom. The first-order valence-electron chi connectivity index (χ1n) is 6.98. The van der Waals surface area contributed by atoms with E-state index in [9.17, 15) is 13.2 Å². The van der Waals surface area contributed by atoms with Gasteiger partial charge in [0.25, 0.3) is 0 Å². The lowest BCUT2D eigenvalue weighted by atomic mass is 9.90. The smallest absolute Gasteiger partial charge is 0.170 e. The largest absolute Gasteiger partial charge is 0.384 e. The van der Waals surface area contributed by atoms with Gasteiger partial charge < -0.3 is 5.32 Å². The third-order valence-electron chi connectivity index (χ3n) is 3.26. The molecule has 1 N–H and O–H groups in total. The quantitative estimate of drug-likeness (QED) is 0.825. The summed E-state index contributed by atoms with van der Waals surface area (Å²) in [6.07, 6.45) is 0.814. The van der Waals surface area contributed by atoms with Crippen LogP contribution in [0.4, 0.5) is 18.9 Å². The number of hydrogen-bond acceptors (Lipinski definition) is 2. The van der Waals surface area contributed by atoms with Gasteiger partial charge in [-0.05, 0) is 12.5 Å². The topological polar surface area (TPSA) is 24.9 Å². The van der Waals surface area contributed by atoms with Crippen molar-refractivity contribution in [3.63, 3.8) is 0 Å². The van der Waals surface area contributed by atoms with Crippen LogP contribution in [-0.4, -0.2) is 11.5 Å². The summed E-state index contributed by atoms with van der Waals surface area (Å²) in [6.45, 7) is 8.34. The average Bonchev–Trinajstić information content (AvgIpc) is 2.40. The van der Waals surface area contributed by atoms with E-state index < -0.39 is 17.5 Å². The Kier molecular flexibility index (Phi) is 4.12. The first-order valence-corrected chi connectivity index (χ1v) is 6.98. The summed E-state index contributed by atoms with van der Waals surface area (Å²) in [4.78, 5) is 4.20. The average molecular weight is 296 g/mol. The summed E-state index contributed by atoms with van der Waals surface area (Å²) in [6, 6.07) is 2.21. The van der Waals surface area contributed by atoms with Crippen molar-refractivity contribution in [3.05, 3.63) is 35.3 Å². The summed E-state index contributed by atoms with van der Waals surface area (Å²) >= 11 is 0. The molecule has 0 aliphatic rings. The predicted octanol–water partition coefficient (Wildman–Crippen LogP) is 4.77. The van der Waals surface area contributed by atoms with Gasteiger partial charge in [-0.2, -0.15) is 0 Å². The van der Waals surface area contributed by atoms with Gasteiger partial charge in [0.15, 0.2) is 17.5 Å². The number of nitrogens with one attached hydrogen (secondary N) is 1. The van der Waals surface area contributed by atoms with E-state index in [4.69, 9.17) is 0 Å². The molecule has 0 unspecified atom stereocenters. The van der Waals surface area contributed by atoms with Crippen LogP contribution in [0.1, 0.15) is 39.8 Å². The number of aromatic nitrogens is 1. The molecule has 0 radical (unpaired) electrons. The molecule has 2 rings (SSSR count). The van der Waals surface area contributed by atoms with Crippen molar-refractivity contribution in [2.24, 2.45) is 0 Å². The van der Waals surface area contributed by atoms with Crippen molar-refractivity contribution in [1.29, 1.82) is 0 Å². The molecule has 0 amide bonds. The van der Waals surface area contributed by atoms with Gasteiger partial charge in [0.1, 0.15) is 5.52 Å². The van der Waals surface area contributed by atoms with Crippen LogP contribution < -0.4 is 5.32 Å². The second-order valence-corrected chi connectivity index (χ2v) is 6.11. The zero-order valence-corrected chi connectivity index (χ0v) is 12.7. The lowest BCUT2D eigenvalue weighted by Crippen LogP contribution is -2.15. The minimum atomic E-state index is -1.20. The van der Waals surface area contributed by atoms with Crippen molar-refractivity contribution in [2.75, 3.05) is 11.9 Å². The van der Waals surface area contributed by atoms with Crippen molar-refractivity contribution in [1.82, 2.24) is 4.98 Å². The Morgan fingerprint density at radius 2 is 1.76 bits per heavy atom. The zero-order valence-electron chi connectivity index (χ0n) is 12.7. The van der Waals surface area contributed by atoms with E-state index in [-0.39, 0.29) is 16.3 Å². The second kappa shape index (κ2) is 5.54. The monoisotopic (exact) mass is 296 g/mol. The molecule has 1 aromatic carbocycles. The van der Waals surface area contributed by atoms with Gasteiger partial charge in [-0.15, -0.1) is 0 Å². The molecular weight excluding hydrogens is 277 g/mol. The summed E-state index contributed by atoms with van der Waals surface area (Å²) in [5, 5.41) is 2.90. The Labute approximate surface area is 122 Å². The number of benzene rings is 1. The van der Waals surface area contributed by atoms with Crippen molar-refractivity contribution < 1.29 is 13.2 Å².